The molecule has 6 nitrogen and oxygen atoms in total. The summed E-state index contributed by atoms with van der Waals surface area (Å²) in [6, 6.07) is 10.0. The zero-order chi connectivity index (χ0) is 23.9. The minimum Gasteiger partial charge on any atom is -0.478 e. The molecule has 3 N–H and O–H groups in total. The van der Waals surface area contributed by atoms with Crippen LogP contribution in [0.25, 0.3) is 6.08 Å². The molecule has 166 valence electrons. The van der Waals surface area contributed by atoms with E-state index in [2.05, 4.69) is 19.7 Å². The fourth-order valence-corrected chi connectivity index (χ4v) is 1.48. The van der Waals surface area contributed by atoms with E-state index in [4.69, 9.17) is 15.3 Å². The Labute approximate surface area is 179 Å². The highest BCUT2D eigenvalue weighted by molar-refractivity contribution is 5.86. The van der Waals surface area contributed by atoms with Crippen LogP contribution in [0.15, 0.2) is 73.4 Å². The molecule has 0 aromatic heterocycles. The van der Waals surface area contributed by atoms with Crippen LogP contribution in [0, 0.1) is 0 Å². The molecular formula is C24H34O6. The molecule has 0 fully saturated rings. The van der Waals surface area contributed by atoms with Gasteiger partial charge in [0.25, 0.3) is 0 Å². The normalized spacial score (nSPS) is 9.10. The monoisotopic (exact) mass is 418 g/mol. The Kier molecular flexibility index (Phi) is 22.8. The second-order valence-corrected chi connectivity index (χ2v) is 5.77. The lowest BCUT2D eigenvalue weighted by molar-refractivity contribution is -0.133. The Balaban J connectivity index is -0.000000330. The number of rotatable bonds is 8. The van der Waals surface area contributed by atoms with Crippen LogP contribution in [-0.4, -0.2) is 33.2 Å². The molecule has 0 amide bonds. The summed E-state index contributed by atoms with van der Waals surface area (Å²) in [5.41, 5.74) is 1.91. The molecule has 0 bridgehead atoms. The lowest BCUT2D eigenvalue weighted by Gasteiger charge is -1.95. The molecule has 0 aliphatic rings. The Morgan fingerprint density at radius 1 is 0.967 bits per heavy atom. The van der Waals surface area contributed by atoms with Gasteiger partial charge in [0, 0.05) is 17.2 Å². The molecular weight excluding hydrogens is 384 g/mol. The fraction of sp³-hybridized carbons (Fsp3) is 0.292. The van der Waals surface area contributed by atoms with E-state index >= 15 is 0 Å². The average Bonchev–Trinajstić information content (AvgIpc) is 2.73. The Hall–Kier alpha value is -3.41. The third-order valence-electron chi connectivity index (χ3n) is 3.19. The maximum atomic E-state index is 10.1. The summed E-state index contributed by atoms with van der Waals surface area (Å²) in [6.45, 7) is 15.5. The number of benzene rings is 1. The number of hydrogen-bond acceptors (Lipinski definition) is 3. The van der Waals surface area contributed by atoms with E-state index in [1.807, 2.05) is 50.3 Å². The predicted octanol–water partition coefficient (Wildman–Crippen LogP) is 5.83. The maximum absolute atomic E-state index is 10.1. The summed E-state index contributed by atoms with van der Waals surface area (Å²) in [7, 11) is 0. The molecule has 0 unspecified atom stereocenters. The molecule has 6 heteroatoms. The number of unbranched alkanes of at least 4 members (excludes halogenated alkanes) is 1. The maximum Gasteiger partial charge on any atom is 0.330 e. The van der Waals surface area contributed by atoms with E-state index in [0.29, 0.717) is 17.6 Å². The van der Waals surface area contributed by atoms with Gasteiger partial charge in [-0.2, -0.15) is 0 Å². The number of allylic oxidation sites excluding steroid dienone is 1. The number of aliphatic carboxylic acids is 3. The Bertz CT molecular complexity index is 687. The van der Waals surface area contributed by atoms with Gasteiger partial charge in [-0.1, -0.05) is 82.5 Å². The average molecular weight is 419 g/mol. The van der Waals surface area contributed by atoms with Crippen molar-refractivity contribution in [3.8, 4) is 0 Å². The van der Waals surface area contributed by atoms with Crippen LogP contribution in [0.1, 0.15) is 52.0 Å². The van der Waals surface area contributed by atoms with Crippen LogP contribution in [0.3, 0.4) is 0 Å². The molecule has 0 radical (unpaired) electrons. The zero-order valence-corrected chi connectivity index (χ0v) is 18.1. The van der Waals surface area contributed by atoms with Crippen molar-refractivity contribution in [2.45, 2.75) is 46.5 Å². The van der Waals surface area contributed by atoms with E-state index < -0.39 is 17.9 Å². The van der Waals surface area contributed by atoms with Gasteiger partial charge in [0.05, 0.1) is 0 Å². The summed E-state index contributed by atoms with van der Waals surface area (Å²) < 4.78 is 0. The van der Waals surface area contributed by atoms with Gasteiger partial charge in [0.1, 0.15) is 0 Å². The molecule has 0 spiro atoms. The standard InChI is InChI=1S/C8H8.C7H12O2.C6H10O2.C3H4O2/c1-2-8-6-4-3-5-7-8;1-3-4-5-6(2)7(8)9;1-3-4-5(2)6(7)8;1-2-3(4)5/h2-7H,1H2;2-5H2,1H3,(H,8,9);4H,3H2,1-2H3,(H,7,8);2H,1H2,(H,4,5). The van der Waals surface area contributed by atoms with Gasteiger partial charge in [-0.15, -0.1) is 0 Å². The van der Waals surface area contributed by atoms with Gasteiger partial charge < -0.3 is 15.3 Å². The summed E-state index contributed by atoms with van der Waals surface area (Å²) in [5, 5.41) is 24.2. The second kappa shape index (κ2) is 21.9. The molecule has 0 aliphatic carbocycles. The lowest BCUT2D eigenvalue weighted by Crippen LogP contribution is -1.97. The van der Waals surface area contributed by atoms with Crippen LogP contribution in [0.2, 0.25) is 0 Å². The highest BCUT2D eigenvalue weighted by Gasteiger charge is 2.00. The van der Waals surface area contributed by atoms with Crippen LogP contribution >= 0.6 is 0 Å². The quantitative estimate of drug-likeness (QED) is 0.458. The van der Waals surface area contributed by atoms with Crippen molar-refractivity contribution in [1.82, 2.24) is 0 Å². The molecule has 30 heavy (non-hydrogen) atoms. The third kappa shape index (κ3) is 24.6. The smallest absolute Gasteiger partial charge is 0.330 e. The molecule has 1 aromatic carbocycles. The third-order valence-corrected chi connectivity index (χ3v) is 3.19. The van der Waals surface area contributed by atoms with Crippen molar-refractivity contribution in [2.24, 2.45) is 0 Å². The molecule has 0 atom stereocenters. The number of carboxylic acid groups (broad SMARTS) is 3. The second-order valence-electron chi connectivity index (χ2n) is 5.77. The van der Waals surface area contributed by atoms with Gasteiger partial charge in [0.2, 0.25) is 0 Å². The highest BCUT2D eigenvalue weighted by atomic mass is 16.4. The van der Waals surface area contributed by atoms with Crippen molar-refractivity contribution in [3.05, 3.63) is 78.9 Å². The highest BCUT2D eigenvalue weighted by Crippen LogP contribution is 2.03. The molecule has 0 saturated carbocycles. The van der Waals surface area contributed by atoms with Gasteiger partial charge >= 0.3 is 17.9 Å². The SMILES string of the molecule is C=C(CCCC)C(=O)O.C=CC(=O)O.C=Cc1ccccc1.CCC=C(C)C(=O)O. The summed E-state index contributed by atoms with van der Waals surface area (Å²) >= 11 is 0. The molecule has 0 heterocycles. The Morgan fingerprint density at radius 2 is 1.47 bits per heavy atom. The molecule has 0 saturated heterocycles. The minimum absolute atomic E-state index is 0.317. The van der Waals surface area contributed by atoms with Crippen molar-refractivity contribution >= 4 is 24.0 Å². The largest absolute Gasteiger partial charge is 0.478 e. The molecule has 0 aliphatic heterocycles. The predicted molar refractivity (Wildman–Crippen MR) is 122 cm³/mol. The zero-order valence-electron chi connectivity index (χ0n) is 18.1. The topological polar surface area (TPSA) is 112 Å². The van der Waals surface area contributed by atoms with Crippen molar-refractivity contribution in [2.75, 3.05) is 0 Å². The van der Waals surface area contributed by atoms with Crippen molar-refractivity contribution in [3.63, 3.8) is 0 Å². The number of carboxylic acids is 3. The summed E-state index contributed by atoms with van der Waals surface area (Å²) in [6.07, 6.45) is 7.70. The first-order valence-corrected chi connectivity index (χ1v) is 9.41. The van der Waals surface area contributed by atoms with Gasteiger partial charge in [-0.25, -0.2) is 14.4 Å². The lowest BCUT2D eigenvalue weighted by atomic mass is 10.1. The van der Waals surface area contributed by atoms with Crippen LogP contribution in [0.4, 0.5) is 0 Å². The fourth-order valence-electron chi connectivity index (χ4n) is 1.48. The first-order valence-electron chi connectivity index (χ1n) is 9.41. The minimum atomic E-state index is -0.981. The van der Waals surface area contributed by atoms with Gasteiger partial charge in [-0.05, 0) is 31.7 Å². The summed E-state index contributed by atoms with van der Waals surface area (Å²) in [4.78, 5) is 29.4. The number of carbonyl (C=O) groups is 3. The van der Waals surface area contributed by atoms with Crippen LogP contribution in [0.5, 0.6) is 0 Å². The van der Waals surface area contributed by atoms with Gasteiger partial charge in [-0.3, -0.25) is 0 Å². The van der Waals surface area contributed by atoms with Crippen molar-refractivity contribution < 1.29 is 29.7 Å². The van der Waals surface area contributed by atoms with E-state index in [-0.39, 0.29) is 0 Å². The van der Waals surface area contributed by atoms with Crippen molar-refractivity contribution in [1.29, 1.82) is 0 Å². The van der Waals surface area contributed by atoms with E-state index in [0.717, 1.165) is 25.3 Å². The molecule has 1 aromatic rings. The molecule has 1 rings (SSSR count). The van der Waals surface area contributed by atoms with E-state index in [1.54, 1.807) is 13.0 Å². The van der Waals surface area contributed by atoms with Crippen LogP contribution in [-0.2, 0) is 14.4 Å². The van der Waals surface area contributed by atoms with Gasteiger partial charge in [0.15, 0.2) is 0 Å². The first kappa shape index (κ1) is 31.3. The van der Waals surface area contributed by atoms with E-state index in [9.17, 15) is 14.4 Å². The number of hydrogen-bond donors (Lipinski definition) is 3. The van der Waals surface area contributed by atoms with E-state index in [1.165, 1.54) is 5.56 Å². The first-order chi connectivity index (χ1) is 14.1. The van der Waals surface area contributed by atoms with Crippen LogP contribution < -0.4 is 0 Å². The summed E-state index contributed by atoms with van der Waals surface area (Å²) in [5.74, 6) is -2.68. The Morgan fingerprint density at radius 3 is 1.70 bits per heavy atom.